The summed E-state index contributed by atoms with van der Waals surface area (Å²) in [6.07, 6.45) is 9.02. The Hall–Kier alpha value is -4.35. The highest BCUT2D eigenvalue weighted by atomic mass is 35.5. The van der Waals surface area contributed by atoms with Crippen LogP contribution in [0.15, 0.2) is 83.8 Å². The molecular formula is C42H54ClN5O5S. The van der Waals surface area contributed by atoms with Crippen molar-refractivity contribution in [1.29, 1.82) is 0 Å². The molecule has 0 aliphatic heterocycles. The van der Waals surface area contributed by atoms with E-state index in [0.29, 0.717) is 51.7 Å². The van der Waals surface area contributed by atoms with Crippen LogP contribution in [-0.4, -0.2) is 41.6 Å². The number of aromatic nitrogens is 4. The normalized spacial score (nSPS) is 13.1. The minimum absolute atomic E-state index is 0.218. The van der Waals surface area contributed by atoms with E-state index < -0.39 is 28.1 Å². The van der Waals surface area contributed by atoms with Crippen molar-refractivity contribution in [3.8, 4) is 17.2 Å². The zero-order valence-corrected chi connectivity index (χ0v) is 33.9. The van der Waals surface area contributed by atoms with Gasteiger partial charge in [-0.05, 0) is 87.7 Å². The molecule has 0 saturated heterocycles. The Balaban J connectivity index is 1.22. The summed E-state index contributed by atoms with van der Waals surface area (Å²) >= 11 is 4.69. The Morgan fingerprint density at radius 3 is 2.13 bits per heavy atom. The van der Waals surface area contributed by atoms with E-state index in [0.717, 1.165) is 30.5 Å². The van der Waals surface area contributed by atoms with Gasteiger partial charge in [0.1, 0.15) is 28.9 Å². The number of nitrogens with one attached hydrogen (secondary N) is 2. The number of nitrogens with zero attached hydrogens (tertiary/aromatic N) is 3. The number of aromatic amines is 1. The van der Waals surface area contributed by atoms with Gasteiger partial charge in [0.15, 0.2) is 17.6 Å². The van der Waals surface area contributed by atoms with Crippen LogP contribution < -0.4 is 19.0 Å². The number of rotatable bonds is 21. The molecule has 0 saturated carbocycles. The highest BCUT2D eigenvalue weighted by molar-refractivity contribution is 7.80. The molecule has 5 aromatic rings. The molecule has 0 aliphatic rings. The second-order valence-corrected chi connectivity index (χ2v) is 16.4. The molecular weight excluding hydrogens is 722 g/mol. The SMILES string of the molecule is CCCCCCCCCCC(Oc1ccc(S(=O)Oc2ccc(OCc3ccccc3)cc2)cc1)C(=O)NC(C)(C)C(C)(C)c1nnc2c(Cl)c(C)[nH]n12. The largest absolute Gasteiger partial charge is 0.489 e. The molecule has 2 atom stereocenters. The summed E-state index contributed by atoms with van der Waals surface area (Å²) in [5, 5.41) is 15.8. The van der Waals surface area contributed by atoms with Crippen LogP contribution in [0.4, 0.5) is 0 Å². The lowest BCUT2D eigenvalue weighted by atomic mass is 9.73. The minimum atomic E-state index is -1.76. The van der Waals surface area contributed by atoms with Crippen LogP contribution in [-0.2, 0) is 27.9 Å². The number of hydrogen-bond donors (Lipinski definition) is 2. The Kier molecular flexibility index (Phi) is 14.2. The quantitative estimate of drug-likeness (QED) is 0.0713. The molecule has 2 heterocycles. The van der Waals surface area contributed by atoms with Gasteiger partial charge in [-0.2, -0.15) is 0 Å². The van der Waals surface area contributed by atoms with Crippen molar-refractivity contribution in [3.05, 3.63) is 101 Å². The van der Waals surface area contributed by atoms with Crippen LogP contribution in [0.1, 0.15) is 109 Å². The maximum atomic E-state index is 14.1. The van der Waals surface area contributed by atoms with Gasteiger partial charge < -0.3 is 19.0 Å². The van der Waals surface area contributed by atoms with Gasteiger partial charge in [0.2, 0.25) is 11.1 Å². The molecule has 3 aromatic carbocycles. The van der Waals surface area contributed by atoms with Gasteiger partial charge >= 0.3 is 0 Å². The minimum Gasteiger partial charge on any atom is -0.489 e. The highest BCUT2D eigenvalue weighted by Gasteiger charge is 2.44. The van der Waals surface area contributed by atoms with Gasteiger partial charge in [-0.15, -0.1) is 10.2 Å². The Morgan fingerprint density at radius 1 is 0.852 bits per heavy atom. The number of aryl methyl sites for hydroxylation is 1. The van der Waals surface area contributed by atoms with E-state index in [4.69, 9.17) is 25.3 Å². The first kappa shape index (κ1) is 40.8. The molecule has 12 heteroatoms. The number of H-pyrrole nitrogens is 1. The monoisotopic (exact) mass is 775 g/mol. The van der Waals surface area contributed by atoms with E-state index in [1.165, 1.54) is 32.1 Å². The highest BCUT2D eigenvalue weighted by Crippen LogP contribution is 2.35. The second kappa shape index (κ2) is 18.8. The summed E-state index contributed by atoms with van der Waals surface area (Å²) in [4.78, 5) is 14.5. The van der Waals surface area contributed by atoms with Gasteiger partial charge in [0.25, 0.3) is 5.91 Å². The Morgan fingerprint density at radius 2 is 1.46 bits per heavy atom. The van der Waals surface area contributed by atoms with Crippen molar-refractivity contribution in [2.24, 2.45) is 0 Å². The van der Waals surface area contributed by atoms with Crippen molar-refractivity contribution in [2.45, 2.75) is 128 Å². The average Bonchev–Trinajstić information content (AvgIpc) is 3.70. The third-order valence-electron chi connectivity index (χ3n) is 10.2. The predicted molar refractivity (Wildman–Crippen MR) is 215 cm³/mol. The average molecular weight is 776 g/mol. The molecule has 0 spiro atoms. The number of carbonyl (C=O) groups is 1. The van der Waals surface area contributed by atoms with E-state index >= 15 is 0 Å². The zero-order valence-electron chi connectivity index (χ0n) is 32.3. The molecule has 0 aliphatic carbocycles. The van der Waals surface area contributed by atoms with Crippen molar-refractivity contribution < 1.29 is 22.7 Å². The molecule has 290 valence electrons. The number of benzene rings is 3. The number of amides is 1. The summed E-state index contributed by atoms with van der Waals surface area (Å²) < 4.78 is 32.8. The van der Waals surface area contributed by atoms with Crippen molar-refractivity contribution >= 4 is 34.2 Å². The van der Waals surface area contributed by atoms with Crippen LogP contribution >= 0.6 is 11.6 Å². The molecule has 10 nitrogen and oxygen atoms in total. The fraction of sp³-hybridized carbons (Fsp3) is 0.452. The standard InChI is InChI=1S/C42H54ClN5O5S/c1-7-8-9-10-11-12-13-17-20-36(39(49)44-42(5,6)41(3,4)40-46-45-38-37(43)30(2)47-48(38)40)52-33-25-27-35(28-26-33)54(50)53-34-23-21-32(22-24-34)51-29-31-18-15-14-16-19-31/h14-16,18-19,21-28,36,47H,7-13,17,20,29H2,1-6H3,(H,44,49). The van der Waals surface area contributed by atoms with Gasteiger partial charge in [0.05, 0.1) is 10.6 Å². The van der Waals surface area contributed by atoms with Gasteiger partial charge in [-0.25, -0.2) is 8.72 Å². The van der Waals surface area contributed by atoms with Crippen LogP contribution in [0.2, 0.25) is 5.02 Å². The fourth-order valence-corrected chi connectivity index (χ4v) is 7.02. The molecule has 0 fully saturated rings. The first-order chi connectivity index (χ1) is 25.9. The molecule has 2 unspecified atom stereocenters. The van der Waals surface area contributed by atoms with Gasteiger partial charge in [-0.3, -0.25) is 9.89 Å². The van der Waals surface area contributed by atoms with E-state index in [2.05, 4.69) is 27.5 Å². The summed E-state index contributed by atoms with van der Waals surface area (Å²) in [7, 11) is 0. The Bertz CT molecular complexity index is 1960. The van der Waals surface area contributed by atoms with Crippen molar-refractivity contribution in [3.63, 3.8) is 0 Å². The lowest BCUT2D eigenvalue weighted by molar-refractivity contribution is -0.130. The number of hydrogen-bond acceptors (Lipinski definition) is 7. The number of unbranched alkanes of at least 4 members (excludes halogenated alkanes) is 7. The first-order valence-corrected chi connectivity index (χ1v) is 20.4. The van der Waals surface area contributed by atoms with Crippen LogP contribution in [0, 0.1) is 6.92 Å². The summed E-state index contributed by atoms with van der Waals surface area (Å²) in [6, 6.07) is 23.8. The lowest BCUT2D eigenvalue weighted by Gasteiger charge is -2.41. The number of ether oxygens (including phenoxy) is 2. The summed E-state index contributed by atoms with van der Waals surface area (Å²) in [5.74, 6) is 2.08. The van der Waals surface area contributed by atoms with Gasteiger partial charge in [-0.1, -0.05) is 108 Å². The maximum Gasteiger partial charge on any atom is 0.261 e. The number of fused-ring (bicyclic) bond motifs is 1. The summed E-state index contributed by atoms with van der Waals surface area (Å²) in [5.41, 5.74) is 0.991. The summed E-state index contributed by atoms with van der Waals surface area (Å²) in [6.45, 7) is 12.6. The molecule has 2 aromatic heterocycles. The van der Waals surface area contributed by atoms with Crippen LogP contribution in [0.25, 0.3) is 5.65 Å². The van der Waals surface area contributed by atoms with Crippen molar-refractivity contribution in [1.82, 2.24) is 25.1 Å². The van der Waals surface area contributed by atoms with Crippen LogP contribution in [0.3, 0.4) is 0 Å². The topological polar surface area (TPSA) is 120 Å². The first-order valence-electron chi connectivity index (χ1n) is 18.9. The smallest absolute Gasteiger partial charge is 0.261 e. The maximum absolute atomic E-state index is 14.1. The van der Waals surface area contributed by atoms with E-state index in [9.17, 15) is 9.00 Å². The number of carbonyl (C=O) groups excluding carboxylic acids is 1. The molecule has 0 radical (unpaired) electrons. The Labute approximate surface area is 327 Å². The predicted octanol–water partition coefficient (Wildman–Crippen LogP) is 9.85. The van der Waals surface area contributed by atoms with E-state index in [-0.39, 0.29) is 5.91 Å². The third kappa shape index (κ3) is 10.4. The van der Waals surface area contributed by atoms with Gasteiger partial charge in [0, 0.05) is 11.0 Å². The fourth-order valence-electron chi connectivity index (χ4n) is 6.11. The van der Waals surface area contributed by atoms with Crippen molar-refractivity contribution in [2.75, 3.05) is 0 Å². The molecule has 0 bridgehead atoms. The second-order valence-electron chi connectivity index (χ2n) is 14.9. The van der Waals surface area contributed by atoms with Crippen LogP contribution in [0.5, 0.6) is 17.2 Å². The molecule has 5 rings (SSSR count). The van der Waals surface area contributed by atoms with E-state index in [1.54, 1.807) is 53.0 Å². The molecule has 2 N–H and O–H groups in total. The zero-order chi connectivity index (χ0) is 38.7. The third-order valence-corrected chi connectivity index (χ3v) is 11.6. The number of halogens is 1. The van der Waals surface area contributed by atoms with E-state index in [1.807, 2.05) is 65.0 Å². The molecule has 1 amide bonds. The lowest BCUT2D eigenvalue weighted by Crippen LogP contribution is -2.59. The molecule has 54 heavy (non-hydrogen) atoms.